The molecule has 0 unspecified atom stereocenters. The summed E-state index contributed by atoms with van der Waals surface area (Å²) < 4.78 is 40.9. The monoisotopic (exact) mass is 494 g/mol. The number of halogens is 3. The largest absolute Gasteiger partial charge is 0.481 e. The lowest BCUT2D eigenvalue weighted by Crippen LogP contribution is -2.36. The van der Waals surface area contributed by atoms with Crippen LogP contribution in [0.5, 0.6) is 0 Å². The van der Waals surface area contributed by atoms with Gasteiger partial charge in [0.2, 0.25) is 5.91 Å². The molecule has 34 heavy (non-hydrogen) atoms. The summed E-state index contributed by atoms with van der Waals surface area (Å²) in [5.74, 6) is -0.958. The summed E-state index contributed by atoms with van der Waals surface area (Å²) in [4.78, 5) is 34.1. The lowest BCUT2D eigenvalue weighted by Gasteiger charge is -2.29. The zero-order chi connectivity index (χ0) is 24.7. The number of hydrogen-bond acceptors (Lipinski definition) is 5. The van der Waals surface area contributed by atoms with Gasteiger partial charge >= 0.3 is 12.1 Å². The number of alkyl halides is 3. The van der Waals surface area contributed by atoms with Crippen molar-refractivity contribution in [1.29, 1.82) is 0 Å². The second kappa shape index (κ2) is 9.01. The van der Waals surface area contributed by atoms with Gasteiger partial charge in [-0.3, -0.25) is 9.59 Å². The Bertz CT molecular complexity index is 1230. The fraction of sp³-hybridized carbons (Fsp3) is 0.478. The molecule has 1 N–H and O–H groups in total. The van der Waals surface area contributed by atoms with Crippen LogP contribution >= 0.6 is 11.3 Å². The van der Waals surface area contributed by atoms with E-state index in [1.54, 1.807) is 24.9 Å². The maximum atomic E-state index is 13.0. The number of thiazole rings is 1. The Morgan fingerprint density at radius 1 is 1.26 bits per heavy atom. The number of aliphatic carboxylic acids is 1. The first-order chi connectivity index (χ1) is 16.0. The van der Waals surface area contributed by atoms with Crippen LogP contribution in [0.15, 0.2) is 23.7 Å². The van der Waals surface area contributed by atoms with Crippen molar-refractivity contribution in [2.75, 3.05) is 6.54 Å². The normalized spacial score (nSPS) is 14.4. The van der Waals surface area contributed by atoms with Crippen molar-refractivity contribution in [2.24, 2.45) is 5.41 Å². The highest BCUT2D eigenvalue weighted by Gasteiger charge is 2.35. The average molecular weight is 495 g/mol. The molecule has 0 fully saturated rings. The minimum absolute atomic E-state index is 0.0652. The van der Waals surface area contributed by atoms with Crippen molar-refractivity contribution in [3.05, 3.63) is 45.7 Å². The quantitative estimate of drug-likeness (QED) is 0.513. The van der Waals surface area contributed by atoms with Gasteiger partial charge in [0.15, 0.2) is 5.01 Å². The Morgan fingerprint density at radius 2 is 2.03 bits per heavy atom. The number of rotatable bonds is 7. The van der Waals surface area contributed by atoms with Gasteiger partial charge in [-0.15, -0.1) is 11.3 Å². The molecule has 7 nitrogen and oxygen atoms in total. The summed E-state index contributed by atoms with van der Waals surface area (Å²) in [6.07, 6.45) is -1.14. The van der Waals surface area contributed by atoms with E-state index in [0.717, 1.165) is 16.6 Å². The molecule has 0 aromatic carbocycles. The lowest BCUT2D eigenvalue weighted by molar-refractivity contribution is -0.147. The summed E-state index contributed by atoms with van der Waals surface area (Å²) >= 11 is 0.563. The van der Waals surface area contributed by atoms with Crippen molar-refractivity contribution in [2.45, 2.75) is 58.8 Å². The van der Waals surface area contributed by atoms with E-state index in [0.29, 0.717) is 55.0 Å². The third-order valence-electron chi connectivity index (χ3n) is 6.25. The van der Waals surface area contributed by atoms with Crippen LogP contribution in [0.1, 0.15) is 55.1 Å². The molecule has 0 atom stereocenters. The Labute approximate surface area is 198 Å². The highest BCUT2D eigenvalue weighted by Crippen LogP contribution is 2.34. The van der Waals surface area contributed by atoms with Gasteiger partial charge in [0, 0.05) is 35.6 Å². The molecule has 1 amide bonds. The van der Waals surface area contributed by atoms with Crippen molar-refractivity contribution in [3.8, 4) is 0 Å². The number of carbonyl (C=O) groups excluding carboxylic acids is 1. The predicted molar refractivity (Wildman–Crippen MR) is 120 cm³/mol. The number of hydrogen-bond donors (Lipinski definition) is 1. The Hall–Kier alpha value is -2.95. The molecule has 0 bridgehead atoms. The fourth-order valence-corrected chi connectivity index (χ4v) is 4.94. The van der Waals surface area contributed by atoms with Crippen LogP contribution in [0.4, 0.5) is 13.2 Å². The Kier molecular flexibility index (Phi) is 6.41. The van der Waals surface area contributed by atoms with Gasteiger partial charge < -0.3 is 14.6 Å². The first kappa shape index (κ1) is 24.2. The number of nitrogens with zero attached hydrogens (tertiary/aromatic N) is 4. The van der Waals surface area contributed by atoms with E-state index in [9.17, 15) is 27.9 Å². The van der Waals surface area contributed by atoms with Crippen LogP contribution in [-0.2, 0) is 35.3 Å². The molecule has 182 valence electrons. The topological polar surface area (TPSA) is 88.3 Å². The second-order valence-electron chi connectivity index (χ2n) is 9.14. The predicted octanol–water partition coefficient (Wildman–Crippen LogP) is 4.73. The van der Waals surface area contributed by atoms with Crippen molar-refractivity contribution < 1.29 is 27.9 Å². The number of carboxylic acid groups (broad SMARTS) is 1. The van der Waals surface area contributed by atoms with Gasteiger partial charge in [-0.25, -0.2) is 9.97 Å². The number of aromatic nitrogens is 3. The van der Waals surface area contributed by atoms with Gasteiger partial charge in [0.1, 0.15) is 5.65 Å². The van der Waals surface area contributed by atoms with E-state index in [4.69, 9.17) is 0 Å². The van der Waals surface area contributed by atoms with Gasteiger partial charge in [-0.1, -0.05) is 0 Å². The van der Waals surface area contributed by atoms with Gasteiger partial charge in [-0.05, 0) is 50.8 Å². The minimum atomic E-state index is -4.49. The molecule has 0 saturated carbocycles. The molecule has 0 aliphatic carbocycles. The molecule has 0 spiro atoms. The van der Waals surface area contributed by atoms with Crippen LogP contribution in [0.25, 0.3) is 11.0 Å². The minimum Gasteiger partial charge on any atom is -0.481 e. The van der Waals surface area contributed by atoms with Gasteiger partial charge in [0.25, 0.3) is 0 Å². The average Bonchev–Trinajstić information content (AvgIpc) is 3.37. The van der Waals surface area contributed by atoms with Crippen molar-refractivity contribution >= 4 is 34.2 Å². The molecule has 4 rings (SSSR count). The van der Waals surface area contributed by atoms with E-state index in [1.165, 1.54) is 5.38 Å². The molecule has 4 heterocycles. The first-order valence-corrected chi connectivity index (χ1v) is 11.8. The van der Waals surface area contributed by atoms with Crippen LogP contribution in [0.3, 0.4) is 0 Å². The van der Waals surface area contributed by atoms with Crippen LogP contribution < -0.4 is 0 Å². The molecule has 3 aromatic rings. The molecule has 11 heteroatoms. The summed E-state index contributed by atoms with van der Waals surface area (Å²) in [6, 6.07) is 3.75. The standard InChI is InChI=1S/C23H25F3N4O3S/c1-22(2,21(32)33)8-3-6-18(31)29-10-7-15-16-5-4-9-27-19(16)30(17(15)12-29)11-14-13-34-20(28-14)23(24,25)26/h4-5,9,13H,3,6-8,10-12H2,1-2H3,(H,32,33). The molecule has 1 aliphatic rings. The molecule has 0 radical (unpaired) electrons. The zero-order valence-corrected chi connectivity index (χ0v) is 19.7. The number of carbonyl (C=O) groups is 2. The van der Waals surface area contributed by atoms with E-state index < -0.39 is 22.6 Å². The first-order valence-electron chi connectivity index (χ1n) is 10.9. The van der Waals surface area contributed by atoms with E-state index >= 15 is 0 Å². The van der Waals surface area contributed by atoms with E-state index in [-0.39, 0.29) is 18.9 Å². The third-order valence-corrected chi connectivity index (χ3v) is 7.19. The highest BCUT2D eigenvalue weighted by molar-refractivity contribution is 7.09. The maximum absolute atomic E-state index is 13.0. The smallest absolute Gasteiger partial charge is 0.443 e. The molecule has 3 aromatic heterocycles. The molecule has 1 aliphatic heterocycles. The SMILES string of the molecule is CC(C)(CCCC(=O)N1CCc2c(n(Cc3csc(C(F)(F)F)n3)c3ncccc23)C1)C(=O)O. The van der Waals surface area contributed by atoms with E-state index in [2.05, 4.69) is 9.97 Å². The fourth-order valence-electron chi connectivity index (χ4n) is 4.26. The lowest BCUT2D eigenvalue weighted by atomic mass is 9.87. The van der Waals surface area contributed by atoms with Crippen LogP contribution in [0, 0.1) is 5.41 Å². The third kappa shape index (κ3) is 4.79. The van der Waals surface area contributed by atoms with Crippen LogP contribution in [-0.4, -0.2) is 43.0 Å². The number of pyridine rings is 1. The van der Waals surface area contributed by atoms with Crippen molar-refractivity contribution in [3.63, 3.8) is 0 Å². The van der Waals surface area contributed by atoms with E-state index in [1.807, 2.05) is 16.7 Å². The summed E-state index contributed by atoms with van der Waals surface area (Å²) in [6.45, 7) is 4.26. The number of amides is 1. The van der Waals surface area contributed by atoms with Gasteiger partial charge in [-0.2, -0.15) is 13.2 Å². The van der Waals surface area contributed by atoms with Gasteiger partial charge in [0.05, 0.1) is 24.2 Å². The molecule has 0 saturated heterocycles. The van der Waals surface area contributed by atoms with Crippen molar-refractivity contribution in [1.82, 2.24) is 19.4 Å². The summed E-state index contributed by atoms with van der Waals surface area (Å²) in [5, 5.41) is 10.7. The summed E-state index contributed by atoms with van der Waals surface area (Å²) in [7, 11) is 0. The Morgan fingerprint density at radius 3 is 2.71 bits per heavy atom. The molecular formula is C23H25F3N4O3S. The second-order valence-corrected chi connectivity index (χ2v) is 9.99. The Balaban J connectivity index is 1.55. The summed E-state index contributed by atoms with van der Waals surface area (Å²) in [5.41, 5.74) is 1.95. The number of carboxylic acids is 1. The zero-order valence-electron chi connectivity index (χ0n) is 18.9. The highest BCUT2D eigenvalue weighted by atomic mass is 32.1. The maximum Gasteiger partial charge on any atom is 0.443 e. The van der Waals surface area contributed by atoms with Crippen LogP contribution in [0.2, 0.25) is 0 Å². The molecular weight excluding hydrogens is 469 g/mol. The number of fused-ring (bicyclic) bond motifs is 3.